The van der Waals surface area contributed by atoms with Gasteiger partial charge < -0.3 is 0 Å². The van der Waals surface area contributed by atoms with Crippen molar-refractivity contribution < 1.29 is 4.57 Å². The van der Waals surface area contributed by atoms with Gasteiger partial charge >= 0.3 is 0 Å². The molecular weight excluding hydrogens is 494 g/mol. The van der Waals surface area contributed by atoms with Gasteiger partial charge in [-0.2, -0.15) is 4.57 Å². The molecule has 41 heavy (non-hydrogen) atoms. The molecular formula is C40H76N+. The number of rotatable bonds is 31. The van der Waals surface area contributed by atoms with Crippen LogP contribution in [0.2, 0.25) is 0 Å². The first kappa shape index (κ1) is 38.2. The smallest absolute Gasteiger partial charge is 0.181 e. The van der Waals surface area contributed by atoms with Crippen LogP contribution in [-0.4, -0.2) is 0 Å². The molecule has 0 amide bonds. The highest BCUT2D eigenvalue weighted by Gasteiger charge is 2.17. The minimum atomic E-state index is 1.25. The Kier molecular flexibility index (Phi) is 27.2. The zero-order chi connectivity index (χ0) is 29.6. The van der Waals surface area contributed by atoms with Crippen molar-refractivity contribution in [2.24, 2.45) is 0 Å². The Morgan fingerprint density at radius 1 is 0.366 bits per heavy atom. The molecule has 0 aliphatic heterocycles. The minimum absolute atomic E-state index is 1.25. The molecule has 0 N–H and O–H groups in total. The molecule has 0 aromatic carbocycles. The van der Waals surface area contributed by atoms with Crippen LogP contribution >= 0.6 is 0 Å². The predicted octanol–water partition coefficient (Wildman–Crippen LogP) is 13.4. The van der Waals surface area contributed by atoms with Crippen LogP contribution in [0.1, 0.15) is 218 Å². The summed E-state index contributed by atoms with van der Waals surface area (Å²) in [5.74, 6) is 0. The fraction of sp³-hybridized carbons (Fsp3) is 0.875. The van der Waals surface area contributed by atoms with Gasteiger partial charge in [-0.1, -0.05) is 175 Å². The molecule has 0 unspecified atom stereocenters. The predicted molar refractivity (Wildman–Crippen MR) is 185 cm³/mol. The Morgan fingerprint density at radius 3 is 0.951 bits per heavy atom. The highest BCUT2D eigenvalue weighted by molar-refractivity contribution is 5.15. The van der Waals surface area contributed by atoms with Gasteiger partial charge in [0.25, 0.3) is 0 Å². The van der Waals surface area contributed by atoms with Gasteiger partial charge in [0.2, 0.25) is 0 Å². The summed E-state index contributed by atoms with van der Waals surface area (Å²) in [6.45, 7) is 10.5. The van der Waals surface area contributed by atoms with E-state index in [9.17, 15) is 0 Å². The largest absolute Gasteiger partial charge is 0.200 e. The Balaban J connectivity index is 2.52. The molecule has 1 rings (SSSR count). The van der Waals surface area contributed by atoms with E-state index in [1.165, 1.54) is 205 Å². The average molecular weight is 571 g/mol. The summed E-state index contributed by atoms with van der Waals surface area (Å²) >= 11 is 0. The first-order chi connectivity index (χ1) is 20.2. The van der Waals surface area contributed by atoms with Crippen molar-refractivity contribution in [3.05, 3.63) is 29.1 Å². The highest BCUT2D eigenvalue weighted by Crippen LogP contribution is 2.16. The summed E-state index contributed by atoms with van der Waals surface area (Å²) in [6.07, 6.45) is 42.4. The fourth-order valence-electron chi connectivity index (χ4n) is 6.60. The second-order valence-electron chi connectivity index (χ2n) is 13.5. The van der Waals surface area contributed by atoms with Crippen LogP contribution in [0.15, 0.2) is 12.1 Å². The Labute approximate surface area is 260 Å². The van der Waals surface area contributed by atoms with Crippen LogP contribution in [-0.2, 0) is 19.4 Å². The number of unbranched alkanes of at least 4 members (excludes halogenated alkanes) is 25. The lowest BCUT2D eigenvalue weighted by Gasteiger charge is -2.12. The van der Waals surface area contributed by atoms with Crippen molar-refractivity contribution in [2.45, 2.75) is 227 Å². The average Bonchev–Trinajstić information content (AvgIpc) is 2.97. The molecule has 0 bridgehead atoms. The molecule has 1 heteroatoms. The molecule has 0 spiro atoms. The van der Waals surface area contributed by atoms with Crippen molar-refractivity contribution in [1.82, 2.24) is 0 Å². The number of aryl methyl sites for hydroxylation is 3. The third-order valence-corrected chi connectivity index (χ3v) is 9.29. The van der Waals surface area contributed by atoms with Gasteiger partial charge in [-0.25, -0.2) is 0 Å². The quantitative estimate of drug-likeness (QED) is 0.0617. The number of hydrogen-bond acceptors (Lipinski definition) is 0. The van der Waals surface area contributed by atoms with Crippen molar-refractivity contribution in [2.75, 3.05) is 0 Å². The van der Waals surface area contributed by atoms with Crippen LogP contribution in [0.3, 0.4) is 0 Å². The van der Waals surface area contributed by atoms with Gasteiger partial charge in [-0.3, -0.25) is 0 Å². The molecule has 0 atom stereocenters. The normalized spacial score (nSPS) is 11.5. The second kappa shape index (κ2) is 29.2. The van der Waals surface area contributed by atoms with E-state index < -0.39 is 0 Å². The summed E-state index contributed by atoms with van der Waals surface area (Å²) in [4.78, 5) is 0. The van der Waals surface area contributed by atoms with E-state index in [4.69, 9.17) is 0 Å². The summed E-state index contributed by atoms with van der Waals surface area (Å²) in [5, 5.41) is 0. The van der Waals surface area contributed by atoms with Crippen molar-refractivity contribution >= 4 is 0 Å². The number of nitrogens with zero attached hydrogens (tertiary/aromatic N) is 1. The first-order valence-corrected chi connectivity index (χ1v) is 19.2. The zero-order valence-corrected chi connectivity index (χ0v) is 29.0. The van der Waals surface area contributed by atoms with Crippen LogP contribution in [0.4, 0.5) is 0 Å². The van der Waals surface area contributed by atoms with Gasteiger partial charge in [-0.05, 0) is 31.7 Å². The van der Waals surface area contributed by atoms with Gasteiger partial charge in [0.15, 0.2) is 11.4 Å². The number of aromatic nitrogens is 1. The maximum absolute atomic E-state index is 2.78. The van der Waals surface area contributed by atoms with E-state index in [-0.39, 0.29) is 0 Å². The lowest BCUT2D eigenvalue weighted by Crippen LogP contribution is -2.43. The molecule has 0 aliphatic carbocycles. The van der Waals surface area contributed by atoms with Crippen LogP contribution in [0.5, 0.6) is 0 Å². The topological polar surface area (TPSA) is 3.88 Å². The van der Waals surface area contributed by atoms with Crippen molar-refractivity contribution in [1.29, 1.82) is 0 Å². The number of hydrogen-bond donors (Lipinski definition) is 0. The summed E-state index contributed by atoms with van der Waals surface area (Å²) < 4.78 is 2.78. The highest BCUT2D eigenvalue weighted by atomic mass is 15.0. The monoisotopic (exact) mass is 571 g/mol. The SMILES string of the molecule is CCCCCCCCCCCC[n+]1c(CCCCCCCCCCC)cc(C)cc1CCCCCCCCCCC. The number of pyridine rings is 1. The molecule has 240 valence electrons. The summed E-state index contributed by atoms with van der Waals surface area (Å²) in [7, 11) is 0. The summed E-state index contributed by atoms with van der Waals surface area (Å²) in [6, 6.07) is 5.06. The first-order valence-electron chi connectivity index (χ1n) is 19.2. The fourth-order valence-corrected chi connectivity index (χ4v) is 6.60. The zero-order valence-electron chi connectivity index (χ0n) is 29.0. The van der Waals surface area contributed by atoms with E-state index in [0.717, 1.165) is 0 Å². The van der Waals surface area contributed by atoms with Crippen molar-refractivity contribution in [3.63, 3.8) is 0 Å². The van der Waals surface area contributed by atoms with Gasteiger partial charge in [0, 0.05) is 31.4 Å². The summed E-state index contributed by atoms with van der Waals surface area (Å²) in [5.41, 5.74) is 4.76. The van der Waals surface area contributed by atoms with E-state index >= 15 is 0 Å². The lowest BCUT2D eigenvalue weighted by atomic mass is 10.0. The van der Waals surface area contributed by atoms with E-state index in [0.29, 0.717) is 0 Å². The van der Waals surface area contributed by atoms with E-state index in [2.05, 4.69) is 44.4 Å². The molecule has 1 heterocycles. The standard InChI is InChI=1S/C40H76N/c1-5-8-11-14-17-20-23-26-29-32-35-41-39(33-30-27-24-21-18-15-12-9-6-2)36-38(4)37-40(41)34-31-28-25-22-19-16-13-10-7-3/h36-37H,5-35H2,1-4H3/q+1. The van der Waals surface area contributed by atoms with Crippen molar-refractivity contribution in [3.8, 4) is 0 Å². The van der Waals surface area contributed by atoms with Crippen LogP contribution in [0.25, 0.3) is 0 Å². The molecule has 1 nitrogen and oxygen atoms in total. The Morgan fingerprint density at radius 2 is 0.634 bits per heavy atom. The van der Waals surface area contributed by atoms with E-state index in [1.54, 1.807) is 11.4 Å². The molecule has 1 aromatic heterocycles. The Bertz CT molecular complexity index is 634. The second-order valence-corrected chi connectivity index (χ2v) is 13.5. The van der Waals surface area contributed by atoms with Crippen LogP contribution < -0.4 is 4.57 Å². The maximum Gasteiger partial charge on any atom is 0.181 e. The lowest BCUT2D eigenvalue weighted by molar-refractivity contribution is -0.711. The molecule has 1 aromatic rings. The molecule has 0 saturated heterocycles. The molecule has 0 fully saturated rings. The molecule has 0 aliphatic rings. The third kappa shape index (κ3) is 22.4. The minimum Gasteiger partial charge on any atom is -0.200 e. The van der Waals surface area contributed by atoms with Gasteiger partial charge in [0.05, 0.1) is 0 Å². The molecule has 0 saturated carbocycles. The van der Waals surface area contributed by atoms with Crippen LogP contribution in [0, 0.1) is 6.92 Å². The van der Waals surface area contributed by atoms with Gasteiger partial charge in [-0.15, -0.1) is 0 Å². The van der Waals surface area contributed by atoms with E-state index in [1.807, 2.05) is 0 Å². The third-order valence-electron chi connectivity index (χ3n) is 9.29. The van der Waals surface area contributed by atoms with Gasteiger partial charge in [0.1, 0.15) is 6.54 Å². The maximum atomic E-state index is 2.78. The molecule has 0 radical (unpaired) electrons. The Hall–Kier alpha value is -0.850.